The van der Waals surface area contributed by atoms with Gasteiger partial charge in [-0.3, -0.25) is 13.9 Å². The number of benzene rings is 1. The molecule has 1 fully saturated rings. The second kappa shape index (κ2) is 9.46. The second-order valence-corrected chi connectivity index (χ2v) is 9.15. The number of hydrogen-bond donors (Lipinski definition) is 2. The van der Waals surface area contributed by atoms with Crippen LogP contribution < -0.4 is 21.9 Å². The molecule has 4 rings (SSSR count). The van der Waals surface area contributed by atoms with Gasteiger partial charge in [-0.2, -0.15) is 4.98 Å². The summed E-state index contributed by atoms with van der Waals surface area (Å²) >= 11 is 0. The summed E-state index contributed by atoms with van der Waals surface area (Å²) in [5.74, 6) is 0.0453. The predicted molar refractivity (Wildman–Crippen MR) is 130 cm³/mol. The van der Waals surface area contributed by atoms with Gasteiger partial charge in [0.15, 0.2) is 11.2 Å². The molecule has 3 aromatic rings. The number of phenolic OH excluding ortho intramolecular Hbond substituents is 1. The molecule has 9 nitrogen and oxygen atoms in total. The number of hydrogen-bond acceptors (Lipinski definition) is 6. The number of rotatable bonds is 6. The zero-order valence-electron chi connectivity index (χ0n) is 19.8. The van der Waals surface area contributed by atoms with Gasteiger partial charge in [0.2, 0.25) is 5.95 Å². The highest BCUT2D eigenvalue weighted by Crippen LogP contribution is 2.23. The first-order valence-corrected chi connectivity index (χ1v) is 11.5. The molecule has 0 amide bonds. The maximum absolute atomic E-state index is 14.2. The van der Waals surface area contributed by atoms with Crippen molar-refractivity contribution in [1.82, 2.24) is 18.7 Å². The Morgan fingerprint density at radius 1 is 1.29 bits per heavy atom. The molecule has 0 spiro atoms. The van der Waals surface area contributed by atoms with Gasteiger partial charge in [-0.1, -0.05) is 11.6 Å². The number of nitrogens with zero attached hydrogens (tertiary/aromatic N) is 5. The fourth-order valence-corrected chi connectivity index (χ4v) is 4.42. The third kappa shape index (κ3) is 4.50. The SMILES string of the molecule is CC(C)=CCn1c(N2CCCC(N)C2)nc2c1c(=O)n(CCc1cc(O)ccc1F)c(=O)n2C. The van der Waals surface area contributed by atoms with Crippen molar-refractivity contribution >= 4 is 17.1 Å². The molecule has 1 unspecified atom stereocenters. The van der Waals surface area contributed by atoms with Crippen molar-refractivity contribution in [1.29, 1.82) is 0 Å². The van der Waals surface area contributed by atoms with E-state index in [0.717, 1.165) is 29.5 Å². The van der Waals surface area contributed by atoms with Crippen molar-refractivity contribution in [3.05, 3.63) is 62.1 Å². The molecule has 182 valence electrons. The first-order chi connectivity index (χ1) is 16.2. The fourth-order valence-electron chi connectivity index (χ4n) is 4.42. The molecule has 0 aliphatic carbocycles. The first kappa shape index (κ1) is 23.7. The van der Waals surface area contributed by atoms with Crippen LogP contribution in [0.4, 0.5) is 10.3 Å². The van der Waals surface area contributed by atoms with Crippen LogP contribution in [0.5, 0.6) is 5.75 Å². The van der Waals surface area contributed by atoms with Gasteiger partial charge in [0.05, 0.1) is 0 Å². The highest BCUT2D eigenvalue weighted by molar-refractivity contribution is 5.74. The molecule has 1 saturated heterocycles. The molecule has 0 bridgehead atoms. The number of aryl methyl sites for hydroxylation is 2. The van der Waals surface area contributed by atoms with Gasteiger partial charge < -0.3 is 20.3 Å². The smallest absolute Gasteiger partial charge is 0.332 e. The third-order valence-electron chi connectivity index (χ3n) is 6.27. The number of piperidine rings is 1. The summed E-state index contributed by atoms with van der Waals surface area (Å²) in [5.41, 5.74) is 7.16. The molecule has 1 aromatic carbocycles. The molecule has 10 heteroatoms. The van der Waals surface area contributed by atoms with Crippen LogP contribution in [0.25, 0.3) is 11.2 Å². The molecule has 1 atom stereocenters. The lowest BCUT2D eigenvalue weighted by Crippen LogP contribution is -2.44. The number of fused-ring (bicyclic) bond motifs is 1. The average molecular weight is 471 g/mol. The zero-order valence-corrected chi connectivity index (χ0v) is 19.8. The van der Waals surface area contributed by atoms with E-state index in [4.69, 9.17) is 10.7 Å². The normalized spacial score (nSPS) is 16.3. The van der Waals surface area contributed by atoms with Gasteiger partial charge in [0.1, 0.15) is 11.6 Å². The van der Waals surface area contributed by atoms with E-state index in [9.17, 15) is 19.1 Å². The molecular formula is C24H31FN6O3. The van der Waals surface area contributed by atoms with Crippen LogP contribution in [0.1, 0.15) is 32.3 Å². The maximum atomic E-state index is 14.2. The summed E-state index contributed by atoms with van der Waals surface area (Å²) in [6.45, 7) is 5.75. The van der Waals surface area contributed by atoms with Crippen LogP contribution in [-0.4, -0.2) is 42.9 Å². The Hall–Kier alpha value is -3.40. The Balaban J connectivity index is 1.85. The highest BCUT2D eigenvalue weighted by Gasteiger charge is 2.26. The van der Waals surface area contributed by atoms with E-state index in [1.165, 1.54) is 22.8 Å². The van der Waals surface area contributed by atoms with E-state index in [1.54, 1.807) is 7.05 Å². The number of allylic oxidation sites excluding steroid dienone is 2. The molecule has 2 aromatic heterocycles. The molecule has 3 heterocycles. The quantitative estimate of drug-likeness (QED) is 0.532. The maximum Gasteiger partial charge on any atom is 0.332 e. The van der Waals surface area contributed by atoms with Crippen molar-refractivity contribution in [3.8, 4) is 5.75 Å². The topological polar surface area (TPSA) is 111 Å². The summed E-state index contributed by atoms with van der Waals surface area (Å²) in [6, 6.07) is 3.74. The molecule has 34 heavy (non-hydrogen) atoms. The van der Waals surface area contributed by atoms with Crippen molar-refractivity contribution in [2.75, 3.05) is 18.0 Å². The monoisotopic (exact) mass is 470 g/mol. The van der Waals surface area contributed by atoms with Gasteiger partial charge in [0, 0.05) is 39.3 Å². The molecule has 1 aliphatic heterocycles. The van der Waals surface area contributed by atoms with Gasteiger partial charge in [-0.15, -0.1) is 0 Å². The number of phenols is 1. The first-order valence-electron chi connectivity index (χ1n) is 11.5. The fraction of sp³-hybridized carbons (Fsp3) is 0.458. The van der Waals surface area contributed by atoms with Crippen LogP contribution in [-0.2, 0) is 26.6 Å². The van der Waals surface area contributed by atoms with Crippen molar-refractivity contribution in [3.63, 3.8) is 0 Å². The van der Waals surface area contributed by atoms with E-state index in [0.29, 0.717) is 30.2 Å². The second-order valence-electron chi connectivity index (χ2n) is 9.15. The van der Waals surface area contributed by atoms with Crippen molar-refractivity contribution < 1.29 is 9.50 Å². The number of nitrogens with two attached hydrogens (primary N) is 1. The van der Waals surface area contributed by atoms with Crippen molar-refractivity contribution in [2.24, 2.45) is 12.8 Å². The minimum atomic E-state index is -0.521. The summed E-state index contributed by atoms with van der Waals surface area (Å²) in [7, 11) is 1.58. The van der Waals surface area contributed by atoms with E-state index in [2.05, 4.69) is 4.90 Å². The lowest BCUT2D eigenvalue weighted by atomic mass is 10.1. The average Bonchev–Trinajstić information content (AvgIpc) is 3.18. The third-order valence-corrected chi connectivity index (χ3v) is 6.27. The molecule has 3 N–H and O–H groups in total. The zero-order chi connectivity index (χ0) is 24.6. The highest BCUT2D eigenvalue weighted by atomic mass is 19.1. The predicted octanol–water partition coefficient (Wildman–Crippen LogP) is 1.88. The summed E-state index contributed by atoms with van der Waals surface area (Å²) in [6.07, 6.45) is 3.94. The van der Waals surface area contributed by atoms with E-state index >= 15 is 0 Å². The Labute approximate surface area is 196 Å². The summed E-state index contributed by atoms with van der Waals surface area (Å²) in [5, 5.41) is 9.68. The Kier molecular flexibility index (Phi) is 6.60. The summed E-state index contributed by atoms with van der Waals surface area (Å²) < 4.78 is 18.5. The van der Waals surface area contributed by atoms with Gasteiger partial charge >= 0.3 is 5.69 Å². The Morgan fingerprint density at radius 3 is 2.76 bits per heavy atom. The van der Waals surface area contributed by atoms with E-state index < -0.39 is 17.1 Å². The molecular weight excluding hydrogens is 439 g/mol. The molecule has 1 aliphatic rings. The minimum Gasteiger partial charge on any atom is -0.508 e. The van der Waals surface area contributed by atoms with Gasteiger partial charge in [0.25, 0.3) is 5.56 Å². The van der Waals surface area contributed by atoms with Crippen LogP contribution >= 0.6 is 0 Å². The minimum absolute atomic E-state index is 0.0168. The van der Waals surface area contributed by atoms with Crippen LogP contribution in [0.15, 0.2) is 39.4 Å². The van der Waals surface area contributed by atoms with Gasteiger partial charge in [-0.25, -0.2) is 9.18 Å². The lowest BCUT2D eigenvalue weighted by Gasteiger charge is -2.31. The standard InChI is InChI=1S/C24H31FN6O3/c1-15(2)8-11-30-20-21(27-23(30)29-10-4-5-17(26)14-29)28(3)24(34)31(22(20)33)12-9-16-13-18(32)6-7-19(16)25/h6-8,13,17,32H,4-5,9-12,14,26H2,1-3H3. The Morgan fingerprint density at radius 2 is 2.06 bits per heavy atom. The van der Waals surface area contributed by atoms with E-state index in [-0.39, 0.29) is 30.3 Å². The largest absolute Gasteiger partial charge is 0.508 e. The lowest BCUT2D eigenvalue weighted by molar-refractivity contribution is 0.470. The molecule has 0 saturated carbocycles. The van der Waals surface area contributed by atoms with E-state index in [1.807, 2.05) is 24.5 Å². The number of aromatic nitrogens is 4. The van der Waals surface area contributed by atoms with Gasteiger partial charge in [-0.05, 0) is 56.9 Å². The summed E-state index contributed by atoms with van der Waals surface area (Å²) in [4.78, 5) is 33.5. The number of anilines is 1. The number of imidazole rings is 1. The van der Waals surface area contributed by atoms with Crippen LogP contribution in [0, 0.1) is 5.82 Å². The van der Waals surface area contributed by atoms with Crippen molar-refractivity contribution in [2.45, 2.75) is 52.2 Å². The number of aromatic hydroxyl groups is 1. The van der Waals surface area contributed by atoms with Crippen LogP contribution in [0.2, 0.25) is 0 Å². The Bertz CT molecular complexity index is 1370. The molecule has 0 radical (unpaired) electrons. The number of halogens is 1. The van der Waals surface area contributed by atoms with Crippen LogP contribution in [0.3, 0.4) is 0 Å².